The molecule has 2 atom stereocenters. The maximum atomic E-state index is 12.5. The lowest BCUT2D eigenvalue weighted by Crippen LogP contribution is -2.43. The summed E-state index contributed by atoms with van der Waals surface area (Å²) in [5.41, 5.74) is 8.06. The Bertz CT molecular complexity index is 1050. The summed E-state index contributed by atoms with van der Waals surface area (Å²) in [6.45, 7) is 0.325. The second kappa shape index (κ2) is 12.0. The quantitative estimate of drug-likeness (QED) is 0.264. The summed E-state index contributed by atoms with van der Waals surface area (Å²) in [6.07, 6.45) is 0.609. The minimum atomic E-state index is -0.968. The number of nitrogen functional groups attached to an aromatic ring is 1. The van der Waals surface area contributed by atoms with E-state index in [9.17, 15) is 14.4 Å². The number of likely N-dealkylation sites (tertiary alicyclic amines) is 1. The molecule has 34 heavy (non-hydrogen) atoms. The fourth-order valence-electron chi connectivity index (χ4n) is 3.99. The van der Waals surface area contributed by atoms with E-state index >= 15 is 0 Å². The maximum absolute atomic E-state index is 12.5. The van der Waals surface area contributed by atoms with Crippen molar-refractivity contribution in [3.8, 4) is 16.9 Å². The third kappa shape index (κ3) is 6.26. The summed E-state index contributed by atoms with van der Waals surface area (Å²) < 4.78 is 15.2. The third-order valence-electron chi connectivity index (χ3n) is 5.61. The number of nitrogens with two attached hydrogens (primary N) is 1. The van der Waals surface area contributed by atoms with Crippen LogP contribution in [0.25, 0.3) is 11.1 Å². The summed E-state index contributed by atoms with van der Waals surface area (Å²) in [4.78, 5) is 37.4. The van der Waals surface area contributed by atoms with Crippen molar-refractivity contribution in [2.24, 2.45) is 11.7 Å². The molecule has 182 valence electrons. The predicted octanol–water partition coefficient (Wildman–Crippen LogP) is 2.39. The van der Waals surface area contributed by atoms with Gasteiger partial charge in [-0.15, -0.1) is 12.4 Å². The molecule has 0 spiro atoms. The first-order chi connectivity index (χ1) is 15.8. The van der Waals surface area contributed by atoms with Crippen molar-refractivity contribution in [3.63, 3.8) is 0 Å². The Labute approximate surface area is 204 Å². The molecule has 1 aliphatic heterocycles. The number of hydrogen-bond acceptors (Lipinski definition) is 7. The Balaban J connectivity index is 0.00000408. The van der Waals surface area contributed by atoms with Crippen molar-refractivity contribution in [3.05, 3.63) is 54.1 Å². The summed E-state index contributed by atoms with van der Waals surface area (Å²) in [7, 11) is 2.45. The van der Waals surface area contributed by atoms with Crippen LogP contribution >= 0.6 is 12.4 Å². The molecule has 0 saturated carbocycles. The summed E-state index contributed by atoms with van der Waals surface area (Å²) >= 11 is 0. The van der Waals surface area contributed by atoms with Crippen molar-refractivity contribution < 1.29 is 28.6 Å². The van der Waals surface area contributed by atoms with Crippen LogP contribution < -0.4 is 10.5 Å². The van der Waals surface area contributed by atoms with Gasteiger partial charge in [0.25, 0.3) is 0 Å². The lowest BCUT2D eigenvalue weighted by Gasteiger charge is -2.23. The van der Waals surface area contributed by atoms with E-state index in [0.29, 0.717) is 17.7 Å². The molecule has 0 aromatic heterocycles. The monoisotopic (exact) mass is 489 g/mol. The fourth-order valence-corrected chi connectivity index (χ4v) is 3.99. The minimum absolute atomic E-state index is 0. The van der Waals surface area contributed by atoms with Crippen molar-refractivity contribution in [1.29, 1.82) is 5.41 Å². The molecular formula is C24H28ClN3O6. The second-order valence-corrected chi connectivity index (χ2v) is 7.78. The van der Waals surface area contributed by atoms with Crippen LogP contribution in [-0.4, -0.2) is 62.0 Å². The number of esters is 2. The molecule has 1 heterocycles. The molecule has 1 saturated heterocycles. The van der Waals surface area contributed by atoms with Crippen LogP contribution in [0.2, 0.25) is 0 Å². The molecule has 0 radical (unpaired) electrons. The molecule has 0 aliphatic carbocycles. The third-order valence-corrected chi connectivity index (χ3v) is 5.61. The number of amides is 1. The average molecular weight is 490 g/mol. The Morgan fingerprint density at radius 2 is 1.79 bits per heavy atom. The van der Waals surface area contributed by atoms with Gasteiger partial charge in [0.05, 0.1) is 26.7 Å². The molecule has 9 nitrogen and oxygen atoms in total. The van der Waals surface area contributed by atoms with Gasteiger partial charge < -0.3 is 24.8 Å². The van der Waals surface area contributed by atoms with Gasteiger partial charge in [-0.1, -0.05) is 30.3 Å². The zero-order valence-corrected chi connectivity index (χ0v) is 19.8. The summed E-state index contributed by atoms with van der Waals surface area (Å²) in [5.74, 6) is -1.91. The van der Waals surface area contributed by atoms with Gasteiger partial charge >= 0.3 is 17.8 Å². The molecule has 1 aliphatic rings. The first kappa shape index (κ1) is 26.7. The number of nitrogens with zero attached hydrogens (tertiary/aromatic N) is 1. The molecule has 10 heteroatoms. The maximum Gasteiger partial charge on any atom is 0.396 e. The van der Waals surface area contributed by atoms with Crippen LogP contribution in [0, 0.1) is 11.3 Å². The molecule has 2 aromatic rings. The van der Waals surface area contributed by atoms with E-state index < -0.39 is 17.9 Å². The first-order valence-electron chi connectivity index (χ1n) is 10.5. The van der Waals surface area contributed by atoms with Crippen LogP contribution in [0.3, 0.4) is 0 Å². The molecule has 1 fully saturated rings. The predicted molar refractivity (Wildman–Crippen MR) is 128 cm³/mol. The number of amidine groups is 1. The number of hydrogen-bond donors (Lipinski definition) is 2. The highest BCUT2D eigenvalue weighted by Crippen LogP contribution is 2.30. The van der Waals surface area contributed by atoms with Gasteiger partial charge in [0.2, 0.25) is 0 Å². The number of halogens is 1. The molecular weight excluding hydrogens is 462 g/mol. The van der Waals surface area contributed by atoms with Crippen LogP contribution in [0.5, 0.6) is 5.75 Å². The Morgan fingerprint density at radius 3 is 2.41 bits per heavy atom. The smallest absolute Gasteiger partial charge is 0.396 e. The number of benzene rings is 2. The highest BCUT2D eigenvalue weighted by molar-refractivity contribution is 6.32. The molecule has 0 unspecified atom stereocenters. The number of carbonyl (C=O) groups excluding carboxylic acids is 3. The summed E-state index contributed by atoms with van der Waals surface area (Å²) in [5, 5.41) is 7.96. The average Bonchev–Trinajstić information content (AvgIpc) is 3.24. The second-order valence-electron chi connectivity index (χ2n) is 7.78. The van der Waals surface area contributed by atoms with E-state index in [1.165, 1.54) is 12.0 Å². The number of carbonyl (C=O) groups is 3. The van der Waals surface area contributed by atoms with Gasteiger partial charge in [-0.05, 0) is 41.7 Å². The van der Waals surface area contributed by atoms with Gasteiger partial charge in [0.15, 0.2) is 0 Å². The van der Waals surface area contributed by atoms with E-state index in [4.69, 9.17) is 20.6 Å². The Hall–Kier alpha value is -3.59. The van der Waals surface area contributed by atoms with E-state index in [-0.39, 0.29) is 49.7 Å². The SMILES string of the molecule is COC(=O)C[C@@H]1C[C@@H](COc2ccc(-c3ccccc3)c(C(=N)N)c2)N(C(=O)C(=O)OC)C1.Cl. The minimum Gasteiger partial charge on any atom is -0.491 e. The number of nitrogens with one attached hydrogen (secondary N) is 1. The number of ether oxygens (including phenoxy) is 3. The van der Waals surface area contributed by atoms with Gasteiger partial charge in [-0.25, -0.2) is 4.79 Å². The van der Waals surface area contributed by atoms with E-state index in [1.807, 2.05) is 36.4 Å². The molecule has 3 rings (SSSR count). The molecule has 1 amide bonds. The topological polar surface area (TPSA) is 132 Å². The van der Waals surface area contributed by atoms with Gasteiger partial charge in [0.1, 0.15) is 18.2 Å². The Kier molecular flexibility index (Phi) is 9.44. The van der Waals surface area contributed by atoms with Gasteiger partial charge in [0, 0.05) is 12.1 Å². The zero-order chi connectivity index (χ0) is 24.0. The van der Waals surface area contributed by atoms with Crippen molar-refractivity contribution in [2.45, 2.75) is 18.9 Å². The van der Waals surface area contributed by atoms with E-state index in [0.717, 1.165) is 18.2 Å². The first-order valence-corrected chi connectivity index (χ1v) is 10.5. The van der Waals surface area contributed by atoms with Crippen molar-refractivity contribution in [2.75, 3.05) is 27.4 Å². The molecule has 0 bridgehead atoms. The highest BCUT2D eigenvalue weighted by atomic mass is 35.5. The summed E-state index contributed by atoms with van der Waals surface area (Å²) in [6, 6.07) is 14.4. The lowest BCUT2D eigenvalue weighted by molar-refractivity contribution is -0.159. The van der Waals surface area contributed by atoms with Crippen molar-refractivity contribution >= 4 is 36.1 Å². The van der Waals surface area contributed by atoms with E-state index in [2.05, 4.69) is 4.74 Å². The zero-order valence-electron chi connectivity index (χ0n) is 19.0. The number of rotatable bonds is 7. The van der Waals surface area contributed by atoms with E-state index in [1.54, 1.807) is 12.1 Å². The largest absolute Gasteiger partial charge is 0.491 e. The molecule has 3 N–H and O–H groups in total. The number of methoxy groups -OCH3 is 2. The normalized spacial score (nSPS) is 16.8. The standard InChI is InChI=1S/C24H27N3O6.ClH/c1-31-21(28)11-15-10-17(27(13-15)23(29)24(30)32-2)14-33-18-8-9-19(20(12-18)22(25)26)16-6-4-3-5-7-16;/h3-9,12,15,17H,10-11,13-14H2,1-2H3,(H3,25,26);1H/t15-,17-;/m0./s1. The van der Waals surface area contributed by atoms with Gasteiger partial charge in [-0.3, -0.25) is 15.0 Å². The van der Waals surface area contributed by atoms with Crippen molar-refractivity contribution in [1.82, 2.24) is 4.90 Å². The van der Waals surface area contributed by atoms with Crippen LogP contribution in [0.4, 0.5) is 0 Å². The fraction of sp³-hybridized carbons (Fsp3) is 0.333. The Morgan fingerprint density at radius 1 is 1.09 bits per heavy atom. The van der Waals surface area contributed by atoms with Crippen LogP contribution in [0.15, 0.2) is 48.5 Å². The lowest BCUT2D eigenvalue weighted by atomic mass is 9.99. The molecule has 2 aromatic carbocycles. The van der Waals surface area contributed by atoms with Crippen LogP contribution in [-0.2, 0) is 23.9 Å². The highest BCUT2D eigenvalue weighted by Gasteiger charge is 2.39. The van der Waals surface area contributed by atoms with Crippen LogP contribution in [0.1, 0.15) is 18.4 Å². The van der Waals surface area contributed by atoms with Gasteiger partial charge in [-0.2, -0.15) is 0 Å².